The van der Waals surface area contributed by atoms with E-state index < -0.39 is 17.8 Å². The number of hydrogen-bond acceptors (Lipinski definition) is 4. The minimum absolute atomic E-state index is 0.0942. The van der Waals surface area contributed by atoms with Gasteiger partial charge in [0.2, 0.25) is 0 Å². The average molecular weight is 592 g/mol. The van der Waals surface area contributed by atoms with Crippen molar-refractivity contribution in [2.45, 2.75) is 6.54 Å². The van der Waals surface area contributed by atoms with Crippen molar-refractivity contribution in [3.63, 3.8) is 0 Å². The van der Waals surface area contributed by atoms with Gasteiger partial charge < -0.3 is 8.98 Å². The second-order valence-corrected chi connectivity index (χ2v) is 10.1. The molecule has 7 nitrogen and oxygen atoms in total. The van der Waals surface area contributed by atoms with Crippen LogP contribution in [0.5, 0.6) is 0 Å². The molecular formula is C32H22BrN3O4. The molecule has 3 aromatic carbocycles. The third kappa shape index (κ3) is 4.81. The van der Waals surface area contributed by atoms with Crippen LogP contribution in [0.4, 0.5) is 4.79 Å². The van der Waals surface area contributed by atoms with E-state index >= 15 is 0 Å². The SMILES string of the molecule is O=C1NC(=O)N(Cc2ccco2)C(=O)/C1=C\c1cc(-c2ccccc2)n(-c2ccc(Br)cc2)c1-c1ccccc1. The molecule has 0 bridgehead atoms. The van der Waals surface area contributed by atoms with Crippen molar-refractivity contribution in [2.75, 3.05) is 0 Å². The number of urea groups is 1. The summed E-state index contributed by atoms with van der Waals surface area (Å²) >= 11 is 3.52. The first-order valence-electron chi connectivity index (χ1n) is 12.5. The summed E-state index contributed by atoms with van der Waals surface area (Å²) in [6.45, 7) is -0.0942. The third-order valence-corrected chi connectivity index (χ3v) is 7.14. The largest absolute Gasteiger partial charge is 0.467 e. The van der Waals surface area contributed by atoms with E-state index in [1.165, 1.54) is 6.26 Å². The topological polar surface area (TPSA) is 84.6 Å². The number of carbonyl (C=O) groups is 3. The highest BCUT2D eigenvalue weighted by Crippen LogP contribution is 2.37. The number of nitrogens with one attached hydrogen (secondary N) is 1. The van der Waals surface area contributed by atoms with E-state index in [0.29, 0.717) is 11.3 Å². The normalized spacial score (nSPS) is 14.6. The number of halogens is 1. The first-order valence-corrected chi connectivity index (χ1v) is 13.3. The van der Waals surface area contributed by atoms with Gasteiger partial charge in [-0.3, -0.25) is 19.8 Å². The fraction of sp³-hybridized carbons (Fsp3) is 0.0312. The van der Waals surface area contributed by atoms with E-state index in [2.05, 4.69) is 25.8 Å². The standard InChI is InChI=1S/C32H22BrN3O4/c33-24-13-15-25(16-14-24)36-28(21-8-3-1-4-9-21)19-23(29(36)22-10-5-2-6-11-22)18-27-30(37)34-32(39)35(31(27)38)20-26-12-7-17-40-26/h1-19H,20H2,(H,34,37,39)/b27-18-. The first kappa shape index (κ1) is 25.3. The van der Waals surface area contributed by atoms with Crippen molar-refractivity contribution < 1.29 is 18.8 Å². The van der Waals surface area contributed by atoms with E-state index in [-0.39, 0.29) is 12.1 Å². The number of rotatable bonds is 6. The monoisotopic (exact) mass is 591 g/mol. The molecule has 0 spiro atoms. The van der Waals surface area contributed by atoms with Gasteiger partial charge in [-0.2, -0.15) is 0 Å². The molecule has 1 aliphatic rings. The lowest BCUT2D eigenvalue weighted by molar-refractivity contribution is -0.130. The molecule has 196 valence electrons. The second kappa shape index (κ2) is 10.7. The number of imide groups is 2. The molecule has 40 heavy (non-hydrogen) atoms. The lowest BCUT2D eigenvalue weighted by Gasteiger charge is -2.25. The van der Waals surface area contributed by atoms with Gasteiger partial charge in [-0.05, 0) is 59.7 Å². The van der Waals surface area contributed by atoms with Gasteiger partial charge in [0, 0.05) is 15.7 Å². The summed E-state index contributed by atoms with van der Waals surface area (Å²) in [5.74, 6) is -1.01. The van der Waals surface area contributed by atoms with E-state index in [9.17, 15) is 14.4 Å². The molecule has 0 aliphatic carbocycles. The van der Waals surface area contributed by atoms with Gasteiger partial charge in [-0.1, -0.05) is 76.6 Å². The molecule has 2 aromatic heterocycles. The molecule has 8 heteroatoms. The van der Waals surface area contributed by atoms with E-state index in [4.69, 9.17) is 4.42 Å². The summed E-state index contributed by atoms with van der Waals surface area (Å²) in [6.07, 6.45) is 3.02. The number of hydrogen-bond donors (Lipinski definition) is 1. The molecule has 0 saturated carbocycles. The van der Waals surface area contributed by atoms with Crippen LogP contribution in [0.2, 0.25) is 0 Å². The van der Waals surface area contributed by atoms with Crippen molar-refractivity contribution in [3.8, 4) is 28.2 Å². The highest BCUT2D eigenvalue weighted by molar-refractivity contribution is 9.10. The van der Waals surface area contributed by atoms with E-state index in [1.54, 1.807) is 18.2 Å². The van der Waals surface area contributed by atoms with Crippen LogP contribution >= 0.6 is 15.9 Å². The number of aromatic nitrogens is 1. The van der Waals surface area contributed by atoms with Gasteiger partial charge in [-0.15, -0.1) is 0 Å². The Morgan fingerprint density at radius 2 is 1.48 bits per heavy atom. The van der Waals surface area contributed by atoms with Crippen LogP contribution in [0, 0.1) is 0 Å². The fourth-order valence-electron chi connectivity index (χ4n) is 4.76. The lowest BCUT2D eigenvalue weighted by Crippen LogP contribution is -2.53. The molecule has 6 rings (SSSR count). The zero-order chi connectivity index (χ0) is 27.6. The maximum atomic E-state index is 13.5. The number of barbiturate groups is 1. The lowest BCUT2D eigenvalue weighted by atomic mass is 10.0. The summed E-state index contributed by atoms with van der Waals surface area (Å²) in [5.41, 5.74) is 4.94. The van der Waals surface area contributed by atoms with Crippen LogP contribution in [0.3, 0.4) is 0 Å². The summed E-state index contributed by atoms with van der Waals surface area (Å²) in [5, 5.41) is 2.30. The van der Waals surface area contributed by atoms with E-state index in [1.807, 2.05) is 91.0 Å². The predicted octanol–water partition coefficient (Wildman–Crippen LogP) is 6.83. The second-order valence-electron chi connectivity index (χ2n) is 9.17. The molecule has 0 radical (unpaired) electrons. The summed E-state index contributed by atoms with van der Waals surface area (Å²) in [4.78, 5) is 40.1. The fourth-order valence-corrected chi connectivity index (χ4v) is 5.03. The number of benzene rings is 3. The molecule has 1 fully saturated rings. The third-order valence-electron chi connectivity index (χ3n) is 6.61. The Balaban J connectivity index is 1.57. The van der Waals surface area contributed by atoms with Crippen molar-refractivity contribution >= 4 is 39.9 Å². The van der Waals surface area contributed by atoms with Gasteiger partial charge in [0.1, 0.15) is 11.3 Å². The Morgan fingerprint density at radius 3 is 2.12 bits per heavy atom. The Kier molecular flexibility index (Phi) is 6.76. The Hall–Kier alpha value is -4.95. The summed E-state index contributed by atoms with van der Waals surface area (Å²) in [7, 11) is 0. The molecule has 0 unspecified atom stereocenters. The minimum atomic E-state index is -0.788. The highest BCUT2D eigenvalue weighted by atomic mass is 79.9. The first-order chi connectivity index (χ1) is 19.5. The van der Waals surface area contributed by atoms with Crippen LogP contribution in [0.25, 0.3) is 34.3 Å². The molecule has 0 atom stereocenters. The van der Waals surface area contributed by atoms with Crippen LogP contribution in [0.15, 0.2) is 124 Å². The number of furan rings is 1. The molecule has 1 saturated heterocycles. The van der Waals surface area contributed by atoms with Crippen LogP contribution in [-0.4, -0.2) is 27.3 Å². The summed E-state index contributed by atoms with van der Waals surface area (Å²) in [6, 6.07) is 32.1. The molecule has 1 N–H and O–H groups in total. The van der Waals surface area contributed by atoms with Gasteiger partial charge in [0.05, 0.1) is 24.2 Å². The van der Waals surface area contributed by atoms with Gasteiger partial charge in [-0.25, -0.2) is 4.79 Å². The van der Waals surface area contributed by atoms with E-state index in [0.717, 1.165) is 37.6 Å². The Labute approximate surface area is 238 Å². The Bertz CT molecular complexity index is 1740. The van der Waals surface area contributed by atoms with Gasteiger partial charge in [0.15, 0.2) is 0 Å². The van der Waals surface area contributed by atoms with Gasteiger partial charge >= 0.3 is 6.03 Å². The maximum Gasteiger partial charge on any atom is 0.331 e. The minimum Gasteiger partial charge on any atom is -0.467 e. The van der Waals surface area contributed by atoms with Crippen molar-refractivity contribution in [1.82, 2.24) is 14.8 Å². The molecule has 5 aromatic rings. The molecule has 4 amide bonds. The summed E-state index contributed by atoms with van der Waals surface area (Å²) < 4.78 is 8.39. The molecule has 1 aliphatic heterocycles. The van der Waals surface area contributed by atoms with Crippen LogP contribution in [-0.2, 0) is 16.1 Å². The zero-order valence-electron chi connectivity index (χ0n) is 21.1. The molecular weight excluding hydrogens is 570 g/mol. The van der Waals surface area contributed by atoms with Gasteiger partial charge in [0.25, 0.3) is 11.8 Å². The Morgan fingerprint density at radius 1 is 0.800 bits per heavy atom. The average Bonchev–Trinajstić information content (AvgIpc) is 3.63. The van der Waals surface area contributed by atoms with Crippen LogP contribution < -0.4 is 5.32 Å². The maximum absolute atomic E-state index is 13.5. The van der Waals surface area contributed by atoms with Crippen LogP contribution in [0.1, 0.15) is 11.3 Å². The van der Waals surface area contributed by atoms with Crippen molar-refractivity contribution in [3.05, 3.63) is 131 Å². The molecule has 3 heterocycles. The highest BCUT2D eigenvalue weighted by Gasteiger charge is 2.36. The quantitative estimate of drug-likeness (QED) is 0.173. The van der Waals surface area contributed by atoms with Crippen molar-refractivity contribution in [1.29, 1.82) is 0 Å². The number of carbonyl (C=O) groups excluding carboxylic acids is 3. The van der Waals surface area contributed by atoms with Crippen molar-refractivity contribution in [2.24, 2.45) is 0 Å². The number of nitrogens with zero attached hydrogens (tertiary/aromatic N) is 2. The number of amides is 4. The smallest absolute Gasteiger partial charge is 0.331 e. The predicted molar refractivity (Wildman–Crippen MR) is 155 cm³/mol. The zero-order valence-corrected chi connectivity index (χ0v) is 22.7.